The minimum atomic E-state index is -0.293. The molecule has 0 radical (unpaired) electrons. The van der Waals surface area contributed by atoms with Crippen molar-refractivity contribution >= 4 is 27.9 Å². The highest BCUT2D eigenvalue weighted by molar-refractivity contribution is 5.83. The minimum absolute atomic E-state index is 0.0254. The fourth-order valence-corrected chi connectivity index (χ4v) is 3.75. The molecular weight excluding hydrogens is 397 g/mol. The van der Waals surface area contributed by atoms with E-state index in [0.29, 0.717) is 32.9 Å². The lowest BCUT2D eigenvalue weighted by molar-refractivity contribution is 0.416. The largest absolute Gasteiger partial charge is 0.340 e. The number of hydrogen-bond acceptors (Lipinski definition) is 6. The number of nitrogens with zero attached hydrogens (tertiary/aromatic N) is 6. The Morgan fingerprint density at radius 1 is 1.03 bits per heavy atom. The molecule has 5 aromatic rings. The second-order valence-electron chi connectivity index (χ2n) is 7.24. The number of benzene rings is 2. The summed E-state index contributed by atoms with van der Waals surface area (Å²) in [6.07, 6.45) is 2.67. The van der Waals surface area contributed by atoms with Crippen LogP contribution in [0.1, 0.15) is 17.0 Å². The van der Waals surface area contributed by atoms with Gasteiger partial charge in [0.05, 0.1) is 22.9 Å². The van der Waals surface area contributed by atoms with E-state index in [-0.39, 0.29) is 23.7 Å². The van der Waals surface area contributed by atoms with Crippen LogP contribution in [-0.2, 0) is 6.54 Å². The van der Waals surface area contributed by atoms with Crippen molar-refractivity contribution in [3.63, 3.8) is 0 Å². The van der Waals surface area contributed by atoms with Crippen molar-refractivity contribution in [2.45, 2.75) is 20.4 Å². The maximum Gasteiger partial charge on any atom is 0.266 e. The number of H-pyrrole nitrogens is 1. The Morgan fingerprint density at radius 2 is 1.84 bits per heavy atom. The quantitative estimate of drug-likeness (QED) is 0.451. The predicted octanol–water partition coefficient (Wildman–Crippen LogP) is 3.56. The molecule has 5 rings (SSSR count). The molecule has 3 aromatic heterocycles. The molecule has 0 aliphatic rings. The van der Waals surface area contributed by atoms with Gasteiger partial charge in [0.2, 0.25) is 0 Å². The molecular formula is C22H18FN7O. The Hall–Kier alpha value is -4.14. The van der Waals surface area contributed by atoms with Gasteiger partial charge in [-0.05, 0) is 37.1 Å². The molecule has 0 unspecified atom stereocenters. The van der Waals surface area contributed by atoms with Crippen LogP contribution in [0, 0.1) is 13.8 Å². The summed E-state index contributed by atoms with van der Waals surface area (Å²) >= 11 is 0. The zero-order chi connectivity index (χ0) is 21.5. The molecule has 0 saturated heterocycles. The van der Waals surface area contributed by atoms with Crippen LogP contribution in [0.25, 0.3) is 27.8 Å². The molecule has 2 aromatic carbocycles. The van der Waals surface area contributed by atoms with Gasteiger partial charge in [-0.25, -0.2) is 19.9 Å². The number of anilines is 1. The molecule has 0 spiro atoms. The molecule has 0 aliphatic carbocycles. The maximum atomic E-state index is 15.4. The van der Waals surface area contributed by atoms with Crippen molar-refractivity contribution in [1.82, 2.24) is 29.5 Å². The molecule has 1 N–H and O–H groups in total. The predicted molar refractivity (Wildman–Crippen MR) is 116 cm³/mol. The third kappa shape index (κ3) is 3.10. The molecule has 3 heterocycles. The van der Waals surface area contributed by atoms with Gasteiger partial charge in [0.15, 0.2) is 11.5 Å². The Kier molecular flexibility index (Phi) is 4.43. The third-order valence-corrected chi connectivity index (χ3v) is 5.24. The first-order valence-electron chi connectivity index (χ1n) is 9.69. The Balaban J connectivity index is 1.72. The van der Waals surface area contributed by atoms with E-state index in [1.165, 1.54) is 17.2 Å². The third-order valence-electron chi connectivity index (χ3n) is 5.24. The number of fused-ring (bicyclic) bond motifs is 2. The van der Waals surface area contributed by atoms with Crippen LogP contribution < -0.4 is 10.7 Å². The number of imidazole rings is 1. The van der Waals surface area contributed by atoms with Gasteiger partial charge in [-0.15, -0.1) is 0 Å². The van der Waals surface area contributed by atoms with Crippen molar-refractivity contribution in [2.24, 2.45) is 0 Å². The first kappa shape index (κ1) is 18.9. The molecule has 8 nitrogen and oxygen atoms in total. The Bertz CT molecular complexity index is 1490. The smallest absolute Gasteiger partial charge is 0.266 e. The van der Waals surface area contributed by atoms with E-state index in [1.54, 1.807) is 6.07 Å². The maximum absolute atomic E-state index is 15.4. The summed E-state index contributed by atoms with van der Waals surface area (Å²) in [4.78, 5) is 33.2. The van der Waals surface area contributed by atoms with Crippen LogP contribution in [0.2, 0.25) is 0 Å². The fourth-order valence-electron chi connectivity index (χ4n) is 3.75. The lowest BCUT2D eigenvalue weighted by atomic mass is 10.1. The minimum Gasteiger partial charge on any atom is -0.340 e. The van der Waals surface area contributed by atoms with Crippen LogP contribution in [0.15, 0.2) is 59.9 Å². The number of aromatic nitrogens is 6. The van der Waals surface area contributed by atoms with E-state index in [1.807, 2.05) is 50.2 Å². The summed E-state index contributed by atoms with van der Waals surface area (Å²) in [5.41, 5.74) is 3.35. The van der Waals surface area contributed by atoms with Gasteiger partial charge in [0, 0.05) is 0 Å². The van der Waals surface area contributed by atoms with Crippen molar-refractivity contribution in [1.29, 1.82) is 0 Å². The summed E-state index contributed by atoms with van der Waals surface area (Å²) in [5.74, 6) is 0.281. The van der Waals surface area contributed by atoms with E-state index < -0.39 is 0 Å². The van der Waals surface area contributed by atoms with Gasteiger partial charge < -0.3 is 4.98 Å². The normalized spacial score (nSPS) is 11.3. The van der Waals surface area contributed by atoms with E-state index in [4.69, 9.17) is 0 Å². The number of rotatable bonds is 4. The topological polar surface area (TPSA) is 92.6 Å². The molecule has 0 saturated carbocycles. The summed E-state index contributed by atoms with van der Waals surface area (Å²) in [6, 6.07) is 12.9. The van der Waals surface area contributed by atoms with Gasteiger partial charge in [-0.1, -0.05) is 34.8 Å². The SMILES string of the molecule is Cc1ccccc1-n1c(CN(F)c2ncnc3nc[nH]c23)nc2cccc(C)c2c1=O. The van der Waals surface area contributed by atoms with E-state index in [2.05, 4.69) is 24.9 Å². The summed E-state index contributed by atoms with van der Waals surface area (Å²) in [5, 5.41) is 0.957. The molecule has 0 atom stereocenters. The lowest BCUT2D eigenvalue weighted by Gasteiger charge is -2.19. The first-order valence-corrected chi connectivity index (χ1v) is 9.69. The highest BCUT2D eigenvalue weighted by atomic mass is 19.2. The molecule has 0 aliphatic heterocycles. The number of para-hydroxylation sites is 1. The van der Waals surface area contributed by atoms with Crippen LogP contribution in [0.3, 0.4) is 0 Å². The fraction of sp³-hybridized carbons (Fsp3) is 0.136. The van der Waals surface area contributed by atoms with Gasteiger partial charge in [-0.3, -0.25) is 9.36 Å². The molecule has 154 valence electrons. The van der Waals surface area contributed by atoms with Crippen LogP contribution in [-0.4, -0.2) is 29.5 Å². The summed E-state index contributed by atoms with van der Waals surface area (Å²) in [6.45, 7) is 3.47. The second-order valence-corrected chi connectivity index (χ2v) is 7.24. The number of nitrogens with one attached hydrogen (secondary N) is 1. The zero-order valence-corrected chi connectivity index (χ0v) is 16.9. The monoisotopic (exact) mass is 415 g/mol. The molecule has 0 amide bonds. The van der Waals surface area contributed by atoms with Gasteiger partial charge >= 0.3 is 0 Å². The van der Waals surface area contributed by atoms with Gasteiger partial charge in [-0.2, -0.15) is 5.12 Å². The highest BCUT2D eigenvalue weighted by Crippen LogP contribution is 2.24. The van der Waals surface area contributed by atoms with Crippen LogP contribution >= 0.6 is 0 Å². The van der Waals surface area contributed by atoms with Crippen molar-refractivity contribution in [3.05, 3.63) is 82.4 Å². The summed E-state index contributed by atoms with van der Waals surface area (Å²) < 4.78 is 16.9. The molecule has 0 bridgehead atoms. The average Bonchev–Trinajstić information content (AvgIpc) is 3.24. The van der Waals surface area contributed by atoms with Crippen LogP contribution in [0.5, 0.6) is 0 Å². The van der Waals surface area contributed by atoms with Crippen molar-refractivity contribution in [2.75, 3.05) is 5.12 Å². The van der Waals surface area contributed by atoms with E-state index in [0.717, 1.165) is 11.1 Å². The highest BCUT2D eigenvalue weighted by Gasteiger charge is 2.20. The number of halogens is 1. The average molecular weight is 415 g/mol. The van der Waals surface area contributed by atoms with Crippen molar-refractivity contribution < 1.29 is 4.48 Å². The zero-order valence-electron chi connectivity index (χ0n) is 16.9. The Morgan fingerprint density at radius 3 is 2.68 bits per heavy atom. The number of aromatic amines is 1. The number of hydrogen-bond donors (Lipinski definition) is 1. The standard InChI is InChI=1S/C22H18FN7O/c1-13-6-3-4-9-16(13)30-17(28-15-8-5-7-14(2)18(15)22(30)31)10-29(23)21-19-20(25-11-24-19)26-12-27-21/h3-9,11-12H,10H2,1-2H3,(H,24,25,26,27). The number of aryl methyl sites for hydroxylation is 2. The first-order chi connectivity index (χ1) is 15.0. The van der Waals surface area contributed by atoms with Crippen LogP contribution in [0.4, 0.5) is 10.3 Å². The molecule has 9 heteroatoms. The Labute approximate surface area is 176 Å². The van der Waals surface area contributed by atoms with Gasteiger partial charge in [0.1, 0.15) is 24.2 Å². The molecule has 31 heavy (non-hydrogen) atoms. The lowest BCUT2D eigenvalue weighted by Crippen LogP contribution is -2.28. The molecule has 0 fully saturated rings. The van der Waals surface area contributed by atoms with E-state index in [9.17, 15) is 4.79 Å². The second kappa shape index (κ2) is 7.28. The van der Waals surface area contributed by atoms with Crippen molar-refractivity contribution in [3.8, 4) is 5.69 Å². The van der Waals surface area contributed by atoms with E-state index >= 15 is 4.48 Å². The summed E-state index contributed by atoms with van der Waals surface area (Å²) in [7, 11) is 0. The van der Waals surface area contributed by atoms with Gasteiger partial charge in [0.25, 0.3) is 5.56 Å².